The van der Waals surface area contributed by atoms with Crippen molar-refractivity contribution in [2.75, 3.05) is 20.1 Å². The molecule has 0 saturated heterocycles. The molecule has 0 fully saturated rings. The lowest BCUT2D eigenvalue weighted by Crippen LogP contribution is -2.58. The maximum atomic E-state index is 14.2. The Labute approximate surface area is 300 Å². The van der Waals surface area contributed by atoms with Crippen molar-refractivity contribution >= 4 is 29.5 Å². The van der Waals surface area contributed by atoms with Gasteiger partial charge in [-0.1, -0.05) is 47.5 Å². The highest BCUT2D eigenvalue weighted by molar-refractivity contribution is 5.98. The molecular weight excluding hydrogens is 660 g/mol. The monoisotopic (exact) mass is 716 g/mol. The van der Waals surface area contributed by atoms with E-state index in [0.29, 0.717) is 31.4 Å². The summed E-state index contributed by atoms with van der Waals surface area (Å²) in [5.41, 5.74) is 0.652. The lowest BCUT2D eigenvalue weighted by Gasteiger charge is -2.34. The molecule has 1 aromatic carbocycles. The Hall–Kier alpha value is -4.46. The highest BCUT2D eigenvalue weighted by Crippen LogP contribution is 2.17. The summed E-state index contributed by atoms with van der Waals surface area (Å²) in [6, 6.07) is 2.11. The quantitative estimate of drug-likeness (QED) is 0.142. The van der Waals surface area contributed by atoms with Crippen LogP contribution in [0.3, 0.4) is 0 Å². The minimum Gasteiger partial charge on any atom is -0.355 e. The second-order valence-corrected chi connectivity index (χ2v) is 13.3. The number of H-pyrrole nitrogens is 1. The number of nitrogens with one attached hydrogen (secondary N) is 6. The zero-order valence-corrected chi connectivity index (χ0v) is 31.1. The summed E-state index contributed by atoms with van der Waals surface area (Å²) in [5, 5.41) is 14.3. The summed E-state index contributed by atoms with van der Waals surface area (Å²) < 4.78 is 28.3. The Morgan fingerprint density at radius 1 is 0.824 bits per heavy atom. The molecule has 3 unspecified atom stereocenters. The number of hydrogen-bond acceptors (Lipinski definition) is 6. The molecule has 14 heteroatoms. The summed E-state index contributed by atoms with van der Waals surface area (Å²) in [4.78, 5) is 70.8. The maximum absolute atomic E-state index is 14.2. The lowest BCUT2D eigenvalue weighted by atomic mass is 9.96. The average Bonchev–Trinajstić information content (AvgIpc) is 3.09. The van der Waals surface area contributed by atoms with Crippen molar-refractivity contribution in [1.29, 1.82) is 0 Å². The highest BCUT2D eigenvalue weighted by Gasteiger charge is 2.35. The molecule has 282 valence electrons. The molecular formula is C37H56F2N7O5+. The number of hydrogen-bond donors (Lipinski definition) is 5. The second-order valence-electron chi connectivity index (χ2n) is 13.3. The summed E-state index contributed by atoms with van der Waals surface area (Å²) in [7, 11) is 1.52. The summed E-state index contributed by atoms with van der Waals surface area (Å²) in [5.74, 6) is -4.09. The van der Waals surface area contributed by atoms with Crippen LogP contribution in [0.2, 0.25) is 0 Å². The number of carbonyl (C=O) groups excluding carboxylic acids is 5. The van der Waals surface area contributed by atoms with Gasteiger partial charge in [0.2, 0.25) is 23.6 Å². The fraction of sp³-hybridized carbons (Fsp3) is 0.568. The molecule has 1 heterocycles. The Morgan fingerprint density at radius 3 is 2.00 bits per heavy atom. The lowest BCUT2D eigenvalue weighted by molar-refractivity contribution is -0.378. The topological polar surface area (TPSA) is 163 Å². The van der Waals surface area contributed by atoms with E-state index in [2.05, 4.69) is 31.6 Å². The molecule has 0 radical (unpaired) electrons. The first-order valence-corrected chi connectivity index (χ1v) is 17.7. The van der Waals surface area contributed by atoms with Gasteiger partial charge >= 0.3 is 0 Å². The molecule has 2 aromatic rings. The highest BCUT2D eigenvalue weighted by atomic mass is 19.1. The van der Waals surface area contributed by atoms with Crippen LogP contribution in [0.5, 0.6) is 0 Å². The minimum absolute atomic E-state index is 0.00580. The molecule has 6 atom stereocenters. The van der Waals surface area contributed by atoms with Crippen LogP contribution < -0.4 is 31.6 Å². The van der Waals surface area contributed by atoms with Gasteiger partial charge < -0.3 is 31.5 Å². The molecule has 51 heavy (non-hydrogen) atoms. The van der Waals surface area contributed by atoms with Gasteiger partial charge in [0.1, 0.15) is 29.8 Å². The van der Waals surface area contributed by atoms with E-state index in [-0.39, 0.29) is 36.3 Å². The number of nitrogens with zero attached hydrogens (tertiary/aromatic N) is 1. The number of aromatic nitrogens is 1. The van der Waals surface area contributed by atoms with Gasteiger partial charge in [0.15, 0.2) is 12.4 Å². The number of aromatic amines is 1. The van der Waals surface area contributed by atoms with Crippen LogP contribution in [0, 0.1) is 23.5 Å². The molecule has 0 saturated carbocycles. The van der Waals surface area contributed by atoms with Gasteiger partial charge in [-0.3, -0.25) is 24.0 Å². The summed E-state index contributed by atoms with van der Waals surface area (Å²) >= 11 is 0. The van der Waals surface area contributed by atoms with E-state index >= 15 is 0 Å². The fourth-order valence-electron chi connectivity index (χ4n) is 5.59. The van der Waals surface area contributed by atoms with Crippen molar-refractivity contribution < 1.29 is 37.7 Å². The van der Waals surface area contributed by atoms with Crippen molar-refractivity contribution in [2.45, 2.75) is 104 Å². The van der Waals surface area contributed by atoms with Crippen LogP contribution in [0.4, 0.5) is 8.78 Å². The third-order valence-electron chi connectivity index (χ3n) is 8.84. The van der Waals surface area contributed by atoms with Gasteiger partial charge in [0, 0.05) is 44.4 Å². The molecule has 0 aliphatic rings. The van der Waals surface area contributed by atoms with Gasteiger partial charge in [-0.15, -0.1) is 0 Å². The molecule has 2 rings (SSSR count). The number of likely N-dealkylation sites (N-methyl/N-ethyl adjacent to an activating group) is 2. The first-order chi connectivity index (χ1) is 24.1. The van der Waals surface area contributed by atoms with Crippen molar-refractivity contribution in [3.05, 3.63) is 65.5 Å². The zero-order valence-electron chi connectivity index (χ0n) is 31.1. The van der Waals surface area contributed by atoms with E-state index in [9.17, 15) is 32.8 Å². The van der Waals surface area contributed by atoms with Crippen LogP contribution >= 0.6 is 0 Å². The smallest absolute Gasteiger partial charge is 0.252 e. The van der Waals surface area contributed by atoms with E-state index in [1.165, 1.54) is 24.1 Å². The number of pyridine rings is 1. The van der Waals surface area contributed by atoms with Gasteiger partial charge in [-0.2, -0.15) is 0 Å². The van der Waals surface area contributed by atoms with E-state index in [0.717, 1.165) is 6.07 Å². The standard InChI is InChI=1S/C37H55F2N7O5/c1-9-12-30(46(8)37(51)32(23(6)10-2)45-34(48)26-13-15-40-16-14-26)35(49)43-29(19-25-17-27(38)20-28(39)18-25)21-42-24(7)33(47)44-31(22(4)5)36(50)41-11-3/h13-18,20,22-24,29-32,42H,9-12,19,21H2,1-8H3,(H,41,50)(H,43,49)(H,44,47)(H,45,48)/p+1/t23-,24-,29?,30-,31?,32?/m0/s1. The Morgan fingerprint density at radius 2 is 1.45 bits per heavy atom. The average molecular weight is 717 g/mol. The predicted molar refractivity (Wildman–Crippen MR) is 190 cm³/mol. The Kier molecular flexibility index (Phi) is 17.6. The minimum atomic E-state index is -0.936. The van der Waals surface area contributed by atoms with E-state index < -0.39 is 65.5 Å². The van der Waals surface area contributed by atoms with Crippen LogP contribution in [0.25, 0.3) is 0 Å². The number of carbonyl (C=O) groups is 5. The van der Waals surface area contributed by atoms with E-state index in [1.54, 1.807) is 38.4 Å². The number of halogens is 2. The van der Waals surface area contributed by atoms with Gasteiger partial charge in [-0.05, 0) is 56.2 Å². The molecule has 6 N–H and O–H groups in total. The molecule has 0 aliphatic heterocycles. The van der Waals surface area contributed by atoms with Crippen LogP contribution in [0.15, 0.2) is 42.7 Å². The molecule has 1 aromatic heterocycles. The molecule has 0 aliphatic carbocycles. The fourth-order valence-corrected chi connectivity index (χ4v) is 5.59. The van der Waals surface area contributed by atoms with E-state index in [1.807, 2.05) is 34.6 Å². The summed E-state index contributed by atoms with van der Waals surface area (Å²) in [6.45, 7) is 13.1. The van der Waals surface area contributed by atoms with E-state index in [4.69, 9.17) is 0 Å². The number of rotatable bonds is 20. The molecule has 0 spiro atoms. The second kappa shape index (κ2) is 21.0. The van der Waals surface area contributed by atoms with Gasteiger partial charge in [-0.25, -0.2) is 13.8 Å². The first kappa shape index (κ1) is 42.7. The molecule has 0 bridgehead atoms. The first-order valence-electron chi connectivity index (χ1n) is 17.7. The SMILES string of the molecule is CCC[C@@H](C(=O)NC(CN[C@@H](C)C(=O)NC(C(=O)NCC)C(C)C)Cc1cc(F)cc(F)c1)N(C)C(=O)C(NC(=O)c1cc[nH+]cc1)[C@@H](C)CC. The van der Waals surface area contributed by atoms with Crippen LogP contribution in [0.1, 0.15) is 83.7 Å². The molecule has 12 nitrogen and oxygen atoms in total. The Balaban J connectivity index is 2.30. The number of benzene rings is 1. The van der Waals surface area contributed by atoms with Crippen molar-refractivity contribution in [3.63, 3.8) is 0 Å². The normalized spacial score (nSPS) is 14.7. The largest absolute Gasteiger partial charge is 0.355 e. The molecule has 5 amide bonds. The van der Waals surface area contributed by atoms with Crippen LogP contribution in [-0.2, 0) is 25.6 Å². The van der Waals surface area contributed by atoms with Gasteiger partial charge in [0.05, 0.1) is 11.6 Å². The van der Waals surface area contributed by atoms with Gasteiger partial charge in [0.25, 0.3) is 5.91 Å². The van der Waals surface area contributed by atoms with Crippen molar-refractivity contribution in [3.8, 4) is 0 Å². The predicted octanol–water partition coefficient (Wildman–Crippen LogP) is 2.53. The third-order valence-corrected chi connectivity index (χ3v) is 8.84. The van der Waals surface area contributed by atoms with Crippen LogP contribution in [-0.4, -0.2) is 84.8 Å². The van der Waals surface area contributed by atoms with Crippen molar-refractivity contribution in [2.24, 2.45) is 11.8 Å². The van der Waals surface area contributed by atoms with Crippen molar-refractivity contribution in [1.82, 2.24) is 31.5 Å². The Bertz CT molecular complexity index is 1440. The third kappa shape index (κ3) is 13.3. The summed E-state index contributed by atoms with van der Waals surface area (Å²) in [6.07, 6.45) is 4.65. The number of amides is 5. The zero-order chi connectivity index (χ0) is 38.2. The maximum Gasteiger partial charge on any atom is 0.252 e.